The SMILES string of the molecule is CCOC(=O)c1ccc(NC(=O)COC(=O)c2ccc3c(c2)C(=O)N(c2nnc(C)s2)C3=O)cc1. The molecule has 35 heavy (non-hydrogen) atoms. The molecule has 3 aromatic rings. The highest BCUT2D eigenvalue weighted by molar-refractivity contribution is 7.15. The Bertz CT molecular complexity index is 1350. The van der Waals surface area contributed by atoms with Crippen LogP contribution in [-0.4, -0.2) is 53.1 Å². The number of aromatic nitrogens is 2. The molecule has 0 aliphatic carbocycles. The third kappa shape index (κ3) is 4.92. The molecule has 178 valence electrons. The number of ether oxygens (including phenoxy) is 2. The molecule has 0 saturated heterocycles. The number of nitrogens with one attached hydrogen (secondary N) is 1. The second kappa shape index (κ2) is 9.81. The van der Waals surface area contributed by atoms with Gasteiger partial charge in [0.05, 0.1) is 28.9 Å². The minimum atomic E-state index is -0.842. The first-order chi connectivity index (χ1) is 16.8. The van der Waals surface area contributed by atoms with E-state index in [1.807, 2.05) is 0 Å². The molecule has 0 fully saturated rings. The van der Waals surface area contributed by atoms with Crippen molar-refractivity contribution < 1.29 is 33.4 Å². The molecule has 1 aliphatic heterocycles. The third-order valence-electron chi connectivity index (χ3n) is 4.84. The molecule has 2 aromatic carbocycles. The van der Waals surface area contributed by atoms with E-state index in [4.69, 9.17) is 9.47 Å². The maximum absolute atomic E-state index is 12.8. The van der Waals surface area contributed by atoms with E-state index in [1.54, 1.807) is 13.8 Å². The van der Waals surface area contributed by atoms with Crippen LogP contribution in [0.2, 0.25) is 0 Å². The summed E-state index contributed by atoms with van der Waals surface area (Å²) in [5, 5.41) is 10.9. The van der Waals surface area contributed by atoms with Crippen LogP contribution in [0.5, 0.6) is 0 Å². The van der Waals surface area contributed by atoms with Crippen LogP contribution in [-0.2, 0) is 14.3 Å². The molecule has 4 rings (SSSR count). The monoisotopic (exact) mass is 494 g/mol. The molecule has 0 atom stereocenters. The van der Waals surface area contributed by atoms with Crippen molar-refractivity contribution in [3.8, 4) is 0 Å². The van der Waals surface area contributed by atoms with Crippen molar-refractivity contribution in [2.24, 2.45) is 0 Å². The lowest BCUT2D eigenvalue weighted by Gasteiger charge is -2.08. The zero-order chi connectivity index (χ0) is 25.1. The highest BCUT2D eigenvalue weighted by Gasteiger charge is 2.39. The summed E-state index contributed by atoms with van der Waals surface area (Å²) in [6.07, 6.45) is 0. The lowest BCUT2D eigenvalue weighted by Crippen LogP contribution is -2.29. The van der Waals surface area contributed by atoms with E-state index in [0.717, 1.165) is 16.2 Å². The zero-order valence-electron chi connectivity index (χ0n) is 18.6. The molecule has 1 aromatic heterocycles. The first-order valence-electron chi connectivity index (χ1n) is 10.4. The van der Waals surface area contributed by atoms with Gasteiger partial charge in [-0.3, -0.25) is 14.4 Å². The first kappa shape index (κ1) is 23.7. The summed E-state index contributed by atoms with van der Waals surface area (Å²) in [4.78, 5) is 62.6. The minimum absolute atomic E-state index is 0.00628. The molecule has 0 spiro atoms. The van der Waals surface area contributed by atoms with Crippen LogP contribution in [0, 0.1) is 6.92 Å². The molecule has 0 saturated carbocycles. The van der Waals surface area contributed by atoms with E-state index in [1.165, 1.54) is 42.5 Å². The summed E-state index contributed by atoms with van der Waals surface area (Å²) >= 11 is 1.09. The predicted molar refractivity (Wildman–Crippen MR) is 124 cm³/mol. The van der Waals surface area contributed by atoms with Gasteiger partial charge in [-0.1, -0.05) is 11.3 Å². The van der Waals surface area contributed by atoms with Crippen molar-refractivity contribution >= 4 is 51.8 Å². The fourth-order valence-corrected chi connectivity index (χ4v) is 3.92. The summed E-state index contributed by atoms with van der Waals surface area (Å²) in [6.45, 7) is 3.06. The van der Waals surface area contributed by atoms with E-state index in [-0.39, 0.29) is 28.4 Å². The molecule has 12 heteroatoms. The van der Waals surface area contributed by atoms with Crippen molar-refractivity contribution in [1.29, 1.82) is 0 Å². The Balaban J connectivity index is 1.37. The van der Waals surface area contributed by atoms with Gasteiger partial charge in [-0.2, -0.15) is 0 Å². The Morgan fingerprint density at radius 2 is 1.57 bits per heavy atom. The Morgan fingerprint density at radius 3 is 2.23 bits per heavy atom. The van der Waals surface area contributed by atoms with Crippen LogP contribution in [0.3, 0.4) is 0 Å². The van der Waals surface area contributed by atoms with Gasteiger partial charge in [0, 0.05) is 5.69 Å². The van der Waals surface area contributed by atoms with Crippen LogP contribution < -0.4 is 10.2 Å². The average Bonchev–Trinajstić information content (AvgIpc) is 3.38. The number of hydrogen-bond acceptors (Lipinski definition) is 10. The number of anilines is 2. The largest absolute Gasteiger partial charge is 0.462 e. The lowest BCUT2D eigenvalue weighted by atomic mass is 10.1. The van der Waals surface area contributed by atoms with Gasteiger partial charge < -0.3 is 14.8 Å². The number of aryl methyl sites for hydroxylation is 1. The van der Waals surface area contributed by atoms with Crippen molar-refractivity contribution in [2.75, 3.05) is 23.4 Å². The maximum atomic E-state index is 12.8. The summed E-state index contributed by atoms with van der Waals surface area (Å²) in [6, 6.07) is 9.96. The van der Waals surface area contributed by atoms with Crippen molar-refractivity contribution in [3.05, 3.63) is 69.7 Å². The smallest absolute Gasteiger partial charge is 0.338 e. The van der Waals surface area contributed by atoms with Crippen LogP contribution in [0.4, 0.5) is 10.8 Å². The second-order valence-electron chi connectivity index (χ2n) is 7.23. The fraction of sp³-hybridized carbons (Fsp3) is 0.174. The van der Waals surface area contributed by atoms with Crippen molar-refractivity contribution in [1.82, 2.24) is 10.2 Å². The van der Waals surface area contributed by atoms with Gasteiger partial charge in [0.1, 0.15) is 5.01 Å². The Labute approximate surface area is 202 Å². The predicted octanol–water partition coefficient (Wildman–Crippen LogP) is 2.62. The summed E-state index contributed by atoms with van der Waals surface area (Å²) in [5.41, 5.74) is 0.895. The van der Waals surface area contributed by atoms with Crippen molar-refractivity contribution in [2.45, 2.75) is 13.8 Å². The number of nitrogens with zero attached hydrogens (tertiary/aromatic N) is 3. The fourth-order valence-electron chi connectivity index (χ4n) is 3.23. The van der Waals surface area contributed by atoms with Gasteiger partial charge in [-0.05, 0) is 56.3 Å². The first-order valence-corrected chi connectivity index (χ1v) is 11.2. The second-order valence-corrected chi connectivity index (χ2v) is 8.39. The van der Waals surface area contributed by atoms with Crippen molar-refractivity contribution in [3.63, 3.8) is 0 Å². The zero-order valence-corrected chi connectivity index (χ0v) is 19.4. The number of fused-ring (bicyclic) bond motifs is 1. The van der Waals surface area contributed by atoms with Gasteiger partial charge in [-0.15, -0.1) is 10.2 Å². The van der Waals surface area contributed by atoms with Crippen LogP contribution in [0.1, 0.15) is 53.4 Å². The van der Waals surface area contributed by atoms with E-state index in [0.29, 0.717) is 16.3 Å². The van der Waals surface area contributed by atoms with Crippen LogP contribution in [0.25, 0.3) is 0 Å². The van der Waals surface area contributed by atoms with Crippen LogP contribution >= 0.6 is 11.3 Å². The molecule has 0 radical (unpaired) electrons. The third-order valence-corrected chi connectivity index (χ3v) is 5.67. The van der Waals surface area contributed by atoms with Gasteiger partial charge in [0.25, 0.3) is 17.7 Å². The highest BCUT2D eigenvalue weighted by atomic mass is 32.1. The Kier molecular flexibility index (Phi) is 6.64. The molecular weight excluding hydrogens is 476 g/mol. The highest BCUT2D eigenvalue weighted by Crippen LogP contribution is 2.31. The molecule has 0 unspecified atom stereocenters. The normalized spacial score (nSPS) is 12.3. The average molecular weight is 494 g/mol. The molecule has 1 N–H and O–H groups in total. The number of carbonyl (C=O) groups excluding carboxylic acids is 5. The van der Waals surface area contributed by atoms with E-state index < -0.39 is 36.3 Å². The molecule has 2 heterocycles. The molecular formula is C23H18N4O7S. The van der Waals surface area contributed by atoms with Gasteiger partial charge in [0.15, 0.2) is 6.61 Å². The number of carbonyl (C=O) groups is 5. The minimum Gasteiger partial charge on any atom is -0.462 e. The van der Waals surface area contributed by atoms with Gasteiger partial charge in [0.2, 0.25) is 5.13 Å². The topological polar surface area (TPSA) is 145 Å². The Hall–Kier alpha value is -4.45. The molecule has 0 bridgehead atoms. The number of amides is 3. The number of hydrogen-bond donors (Lipinski definition) is 1. The van der Waals surface area contributed by atoms with E-state index >= 15 is 0 Å². The number of rotatable bonds is 7. The van der Waals surface area contributed by atoms with E-state index in [9.17, 15) is 24.0 Å². The molecule has 3 amide bonds. The Morgan fingerprint density at radius 1 is 0.914 bits per heavy atom. The summed E-state index contributed by atoms with van der Waals surface area (Å²) in [7, 11) is 0. The lowest BCUT2D eigenvalue weighted by molar-refractivity contribution is -0.119. The standard InChI is InChI=1S/C23H18N4O7S/c1-3-33-21(31)13-4-7-15(8-5-13)24-18(28)11-34-22(32)14-6-9-16-17(10-14)20(30)27(19(16)29)23-26-25-12(2)35-23/h4-10H,3,11H2,1-2H3,(H,24,28). The van der Waals surface area contributed by atoms with E-state index in [2.05, 4.69) is 15.5 Å². The molecule has 1 aliphatic rings. The molecule has 11 nitrogen and oxygen atoms in total. The summed E-state index contributed by atoms with van der Waals surface area (Å²) < 4.78 is 9.93. The van der Waals surface area contributed by atoms with Gasteiger partial charge >= 0.3 is 11.9 Å². The van der Waals surface area contributed by atoms with Crippen LogP contribution in [0.15, 0.2) is 42.5 Å². The summed E-state index contributed by atoms with van der Waals surface area (Å²) in [5.74, 6) is -3.11. The number of imide groups is 1. The van der Waals surface area contributed by atoms with Gasteiger partial charge in [-0.25, -0.2) is 14.5 Å². The quantitative estimate of drug-likeness (QED) is 0.387. The number of benzene rings is 2. The maximum Gasteiger partial charge on any atom is 0.338 e. The number of esters is 2.